The van der Waals surface area contributed by atoms with E-state index in [0.717, 1.165) is 22.5 Å². The van der Waals surface area contributed by atoms with Crippen LogP contribution in [-0.2, 0) is 33.9 Å². The Hall–Kier alpha value is -6.00. The van der Waals surface area contributed by atoms with Crippen LogP contribution in [0.15, 0.2) is 47.2 Å². The molecule has 0 saturated carbocycles. The topological polar surface area (TPSA) is 207 Å². The van der Waals surface area contributed by atoms with Crippen LogP contribution in [0.1, 0.15) is 78.7 Å². The number of carbonyl (C=O) groups excluding carboxylic acids is 4. The molecule has 6 rings (SSSR count). The lowest BCUT2D eigenvalue weighted by Gasteiger charge is -2.23. The zero-order chi connectivity index (χ0) is 36.9. The lowest BCUT2D eigenvalue weighted by molar-refractivity contribution is -0.132. The van der Waals surface area contributed by atoms with Gasteiger partial charge in [-0.2, -0.15) is 15.2 Å². The monoisotopic (exact) mass is 710 g/mol. The Balaban J connectivity index is 1.27. The maximum atomic E-state index is 13.8. The van der Waals surface area contributed by atoms with Crippen LogP contribution in [0.4, 0.5) is 0 Å². The summed E-state index contributed by atoms with van der Waals surface area (Å²) in [5, 5.41) is 21.4. The molecule has 5 aromatic rings. The number of aromatic nitrogens is 8. The molecule has 17 heteroatoms. The number of aryl methyl sites for hydroxylation is 2. The second-order valence-corrected chi connectivity index (χ2v) is 13.3. The molecule has 52 heavy (non-hydrogen) atoms. The first-order valence-electron chi connectivity index (χ1n) is 17.2. The highest BCUT2D eigenvalue weighted by Crippen LogP contribution is 2.20. The Morgan fingerprint density at radius 3 is 2.62 bits per heavy atom. The average molecular weight is 711 g/mol. The zero-order valence-electron chi connectivity index (χ0n) is 29.8. The van der Waals surface area contributed by atoms with Gasteiger partial charge in [-0.1, -0.05) is 49.3 Å². The van der Waals surface area contributed by atoms with Gasteiger partial charge in [0, 0.05) is 42.5 Å². The average Bonchev–Trinajstić information content (AvgIpc) is 3.88. The largest absolute Gasteiger partial charge is 0.359 e. The second-order valence-electron chi connectivity index (χ2n) is 13.3. The molecule has 3 N–H and O–H groups in total. The number of nitrogens with zero attached hydrogens (tertiary/aromatic N) is 9. The van der Waals surface area contributed by atoms with Crippen molar-refractivity contribution in [2.75, 3.05) is 13.1 Å². The molecule has 17 nitrogen and oxygen atoms in total. The standard InChI is InChI=1S/C35H42N12O5/c1-20(2)15-27-33(50)39-22(4)32-42-31(24-9-7-6-8-10-24)43-46(32)18-29(48)36-13-14-45(17-25-16-28(44-52-25)34(51)41-27)30(49)12-11-26-21(3)40-35-37-19-38-47(35)23(26)5/h6-10,16,19-20,22,27H,11-15,17-18H2,1-5H3,(H,36,48)(H,39,50)(H,41,51)/t22-,27+/m0/s1. The summed E-state index contributed by atoms with van der Waals surface area (Å²) in [4.78, 5) is 69.0. The lowest BCUT2D eigenvalue weighted by atomic mass is 10.0. The van der Waals surface area contributed by atoms with Gasteiger partial charge in [0.05, 0.1) is 12.6 Å². The van der Waals surface area contributed by atoms with Gasteiger partial charge in [-0.05, 0) is 45.1 Å². The van der Waals surface area contributed by atoms with Crippen LogP contribution in [-0.4, -0.2) is 87.2 Å². The molecule has 0 aliphatic carbocycles. The van der Waals surface area contributed by atoms with Crippen molar-refractivity contribution in [1.29, 1.82) is 0 Å². The van der Waals surface area contributed by atoms with Crippen molar-refractivity contribution in [2.45, 2.75) is 79.1 Å². The molecule has 272 valence electrons. The van der Waals surface area contributed by atoms with E-state index >= 15 is 0 Å². The molecule has 0 saturated heterocycles. The summed E-state index contributed by atoms with van der Waals surface area (Å²) in [5.74, 6) is -0.0204. The predicted molar refractivity (Wildman–Crippen MR) is 186 cm³/mol. The van der Waals surface area contributed by atoms with Gasteiger partial charge < -0.3 is 25.4 Å². The van der Waals surface area contributed by atoms with Crippen molar-refractivity contribution in [3.05, 3.63) is 77.0 Å². The van der Waals surface area contributed by atoms with Crippen molar-refractivity contribution in [3.63, 3.8) is 0 Å². The Morgan fingerprint density at radius 2 is 1.85 bits per heavy atom. The number of hydrogen-bond donors (Lipinski definition) is 3. The van der Waals surface area contributed by atoms with Crippen LogP contribution in [0.2, 0.25) is 0 Å². The van der Waals surface area contributed by atoms with E-state index in [1.807, 2.05) is 58.0 Å². The van der Waals surface area contributed by atoms with Crippen molar-refractivity contribution >= 4 is 29.4 Å². The number of fused-ring (bicyclic) bond motifs is 4. The molecule has 4 aromatic heterocycles. The Morgan fingerprint density at radius 1 is 1.06 bits per heavy atom. The minimum Gasteiger partial charge on any atom is -0.359 e. The summed E-state index contributed by atoms with van der Waals surface area (Å²) < 4.78 is 8.59. The Labute approximate surface area is 299 Å². The third kappa shape index (κ3) is 8.14. The quantitative estimate of drug-likeness (QED) is 0.233. The smallest absolute Gasteiger partial charge is 0.274 e. The molecular weight excluding hydrogens is 668 g/mol. The second kappa shape index (κ2) is 15.5. The molecule has 5 heterocycles. The third-order valence-corrected chi connectivity index (χ3v) is 8.87. The molecule has 0 spiro atoms. The summed E-state index contributed by atoms with van der Waals surface area (Å²) in [6, 6.07) is 9.19. The van der Waals surface area contributed by atoms with Crippen LogP contribution < -0.4 is 16.0 Å². The first-order chi connectivity index (χ1) is 25.0. The molecule has 2 bridgehead atoms. The van der Waals surface area contributed by atoms with Crippen LogP contribution >= 0.6 is 0 Å². The normalized spacial score (nSPS) is 17.7. The minimum atomic E-state index is -0.904. The number of amides is 4. The first-order valence-corrected chi connectivity index (χ1v) is 17.2. The van der Waals surface area contributed by atoms with Gasteiger partial charge in [-0.15, -0.1) is 0 Å². The predicted octanol–water partition coefficient (Wildman–Crippen LogP) is 2.10. The molecule has 0 radical (unpaired) electrons. The highest BCUT2D eigenvalue weighted by Gasteiger charge is 2.29. The SMILES string of the molecule is Cc1nc2ncnn2c(C)c1CCC(=O)N1CCNC(=O)Cn2nc(-c3ccccc3)nc2[C@H](C)NC(=O)[C@@H](CC(C)C)NC(=O)c2cc(on2)C1. The number of benzene rings is 1. The van der Waals surface area contributed by atoms with E-state index < -0.39 is 23.9 Å². The summed E-state index contributed by atoms with van der Waals surface area (Å²) >= 11 is 0. The minimum absolute atomic E-state index is 0.00556. The van der Waals surface area contributed by atoms with Gasteiger partial charge in [0.2, 0.25) is 17.7 Å². The van der Waals surface area contributed by atoms with Gasteiger partial charge in [0.15, 0.2) is 17.3 Å². The summed E-state index contributed by atoms with van der Waals surface area (Å²) in [5.41, 5.74) is 3.19. The molecular formula is C35H42N12O5. The van der Waals surface area contributed by atoms with Gasteiger partial charge in [0.25, 0.3) is 11.7 Å². The maximum absolute atomic E-state index is 13.8. The molecule has 1 aromatic carbocycles. The number of rotatable bonds is 6. The van der Waals surface area contributed by atoms with Crippen LogP contribution in [0.25, 0.3) is 17.2 Å². The lowest BCUT2D eigenvalue weighted by Crippen LogP contribution is -2.48. The third-order valence-electron chi connectivity index (χ3n) is 8.87. The fourth-order valence-corrected chi connectivity index (χ4v) is 6.22. The number of carbonyl (C=O) groups is 4. The molecule has 2 atom stereocenters. The van der Waals surface area contributed by atoms with E-state index in [-0.39, 0.29) is 61.8 Å². The van der Waals surface area contributed by atoms with Crippen molar-refractivity contribution in [2.24, 2.45) is 5.92 Å². The maximum Gasteiger partial charge on any atom is 0.274 e. The molecule has 1 aliphatic rings. The van der Waals surface area contributed by atoms with Crippen LogP contribution in [0.5, 0.6) is 0 Å². The van der Waals surface area contributed by atoms with Crippen molar-refractivity contribution in [3.8, 4) is 11.4 Å². The van der Waals surface area contributed by atoms with E-state index in [0.29, 0.717) is 30.3 Å². The van der Waals surface area contributed by atoms with Gasteiger partial charge >= 0.3 is 0 Å². The van der Waals surface area contributed by atoms with E-state index in [2.05, 4.69) is 41.3 Å². The molecule has 1 aliphatic heterocycles. The van der Waals surface area contributed by atoms with Crippen molar-refractivity contribution in [1.82, 2.24) is 60.4 Å². The van der Waals surface area contributed by atoms with E-state index in [1.165, 1.54) is 17.1 Å². The van der Waals surface area contributed by atoms with Crippen molar-refractivity contribution < 1.29 is 23.7 Å². The van der Waals surface area contributed by atoms with E-state index in [1.54, 1.807) is 16.3 Å². The number of hydrogen-bond acceptors (Lipinski definition) is 11. The van der Waals surface area contributed by atoms with Gasteiger partial charge in [-0.25, -0.2) is 19.2 Å². The number of nitrogens with one attached hydrogen (secondary N) is 3. The molecule has 0 unspecified atom stereocenters. The summed E-state index contributed by atoms with van der Waals surface area (Å²) in [6.45, 7) is 9.49. The fourth-order valence-electron chi connectivity index (χ4n) is 6.22. The van der Waals surface area contributed by atoms with Gasteiger partial charge in [0.1, 0.15) is 24.7 Å². The van der Waals surface area contributed by atoms with Crippen LogP contribution in [0, 0.1) is 19.8 Å². The summed E-state index contributed by atoms with van der Waals surface area (Å²) in [7, 11) is 0. The van der Waals surface area contributed by atoms with E-state index in [4.69, 9.17) is 9.51 Å². The molecule has 4 amide bonds. The summed E-state index contributed by atoms with van der Waals surface area (Å²) in [6.07, 6.45) is 2.30. The first kappa shape index (κ1) is 35.8. The highest BCUT2D eigenvalue weighted by molar-refractivity contribution is 5.96. The Bertz CT molecular complexity index is 2090. The molecule has 0 fully saturated rings. The highest BCUT2D eigenvalue weighted by atomic mass is 16.5. The van der Waals surface area contributed by atoms with Gasteiger partial charge in [-0.3, -0.25) is 19.2 Å². The fraction of sp³-hybridized carbons (Fsp3) is 0.429. The zero-order valence-corrected chi connectivity index (χ0v) is 29.8. The van der Waals surface area contributed by atoms with E-state index in [9.17, 15) is 19.2 Å². The Kier molecular flexibility index (Phi) is 10.7. The van der Waals surface area contributed by atoms with Crippen LogP contribution in [0.3, 0.4) is 0 Å².